The SMILES string of the molecule is CC(=O)[C@@](C)(O)[C@@](C)(O)c1ccccc1. The fourth-order valence-electron chi connectivity index (χ4n) is 1.39. The summed E-state index contributed by atoms with van der Waals surface area (Å²) in [5, 5.41) is 20.2. The average molecular weight is 208 g/mol. The maximum absolute atomic E-state index is 11.3. The molecule has 82 valence electrons. The highest BCUT2D eigenvalue weighted by molar-refractivity contribution is 5.85. The van der Waals surface area contributed by atoms with Crippen LogP contribution in [0.2, 0.25) is 0 Å². The highest BCUT2D eigenvalue weighted by Crippen LogP contribution is 2.32. The molecule has 3 heteroatoms. The second-order valence-electron chi connectivity index (χ2n) is 4.07. The van der Waals surface area contributed by atoms with Crippen LogP contribution in [0, 0.1) is 0 Å². The zero-order chi connectivity index (χ0) is 11.7. The molecule has 15 heavy (non-hydrogen) atoms. The van der Waals surface area contributed by atoms with Gasteiger partial charge in [-0.2, -0.15) is 0 Å². The van der Waals surface area contributed by atoms with E-state index in [-0.39, 0.29) is 0 Å². The smallest absolute Gasteiger partial charge is 0.164 e. The van der Waals surface area contributed by atoms with E-state index in [4.69, 9.17) is 0 Å². The first-order valence-electron chi connectivity index (χ1n) is 4.81. The van der Waals surface area contributed by atoms with E-state index in [1.165, 1.54) is 20.8 Å². The molecule has 0 aliphatic rings. The molecular weight excluding hydrogens is 192 g/mol. The molecule has 0 spiro atoms. The number of hydrogen-bond donors (Lipinski definition) is 2. The largest absolute Gasteiger partial charge is 0.382 e. The number of ketones is 1. The summed E-state index contributed by atoms with van der Waals surface area (Å²) in [6.45, 7) is 4.02. The van der Waals surface area contributed by atoms with Crippen LogP contribution in [-0.2, 0) is 10.4 Å². The molecule has 0 aliphatic carbocycles. The number of Topliss-reactive ketones (excluding diaryl/α,β-unsaturated/α-hetero) is 1. The lowest BCUT2D eigenvalue weighted by atomic mass is 9.78. The summed E-state index contributed by atoms with van der Waals surface area (Å²) in [5.74, 6) is -0.462. The van der Waals surface area contributed by atoms with Gasteiger partial charge < -0.3 is 10.2 Å². The molecule has 1 rings (SSSR count). The minimum absolute atomic E-state index is 0.462. The van der Waals surface area contributed by atoms with Crippen molar-refractivity contribution in [1.29, 1.82) is 0 Å². The number of benzene rings is 1. The molecule has 0 fully saturated rings. The molecule has 1 aromatic rings. The van der Waals surface area contributed by atoms with Crippen molar-refractivity contribution in [3.63, 3.8) is 0 Å². The lowest BCUT2D eigenvalue weighted by Gasteiger charge is -2.36. The predicted molar refractivity (Wildman–Crippen MR) is 57.3 cm³/mol. The number of hydrogen-bond acceptors (Lipinski definition) is 3. The van der Waals surface area contributed by atoms with Gasteiger partial charge in [0, 0.05) is 0 Å². The Labute approximate surface area is 89.4 Å². The second kappa shape index (κ2) is 3.76. The number of rotatable bonds is 3. The van der Waals surface area contributed by atoms with Crippen molar-refractivity contribution in [2.24, 2.45) is 0 Å². The molecule has 0 radical (unpaired) electrons. The van der Waals surface area contributed by atoms with Crippen molar-refractivity contribution >= 4 is 5.78 Å². The van der Waals surface area contributed by atoms with Crippen molar-refractivity contribution in [2.75, 3.05) is 0 Å². The van der Waals surface area contributed by atoms with Gasteiger partial charge >= 0.3 is 0 Å². The van der Waals surface area contributed by atoms with E-state index in [1.807, 2.05) is 6.07 Å². The van der Waals surface area contributed by atoms with Gasteiger partial charge in [0.1, 0.15) is 5.60 Å². The normalized spacial score (nSPS) is 19.0. The van der Waals surface area contributed by atoms with Gasteiger partial charge in [-0.15, -0.1) is 0 Å². The Morgan fingerprint density at radius 2 is 1.60 bits per heavy atom. The summed E-state index contributed by atoms with van der Waals surface area (Å²) in [6, 6.07) is 8.66. The van der Waals surface area contributed by atoms with Crippen molar-refractivity contribution in [3.8, 4) is 0 Å². The van der Waals surface area contributed by atoms with E-state index in [1.54, 1.807) is 24.3 Å². The average Bonchev–Trinajstić information content (AvgIpc) is 2.18. The van der Waals surface area contributed by atoms with Gasteiger partial charge in [-0.1, -0.05) is 30.3 Å². The first-order valence-corrected chi connectivity index (χ1v) is 4.81. The molecular formula is C12H16O3. The van der Waals surface area contributed by atoms with E-state index < -0.39 is 17.0 Å². The number of aliphatic hydroxyl groups is 2. The molecule has 2 N–H and O–H groups in total. The molecule has 0 saturated heterocycles. The van der Waals surface area contributed by atoms with Crippen LogP contribution >= 0.6 is 0 Å². The fraction of sp³-hybridized carbons (Fsp3) is 0.417. The summed E-state index contributed by atoms with van der Waals surface area (Å²) in [7, 11) is 0. The lowest BCUT2D eigenvalue weighted by molar-refractivity contribution is -0.165. The topological polar surface area (TPSA) is 57.5 Å². The van der Waals surface area contributed by atoms with Crippen LogP contribution in [0.25, 0.3) is 0 Å². The van der Waals surface area contributed by atoms with Crippen LogP contribution < -0.4 is 0 Å². The first kappa shape index (κ1) is 11.9. The lowest BCUT2D eigenvalue weighted by Crippen LogP contribution is -2.52. The van der Waals surface area contributed by atoms with Gasteiger partial charge in [0.15, 0.2) is 11.4 Å². The zero-order valence-electron chi connectivity index (χ0n) is 9.19. The van der Waals surface area contributed by atoms with Gasteiger partial charge in [0.25, 0.3) is 0 Å². The quantitative estimate of drug-likeness (QED) is 0.785. The summed E-state index contributed by atoms with van der Waals surface area (Å²) < 4.78 is 0. The number of carbonyl (C=O) groups excluding carboxylic acids is 1. The van der Waals surface area contributed by atoms with Crippen molar-refractivity contribution in [2.45, 2.75) is 32.0 Å². The van der Waals surface area contributed by atoms with E-state index >= 15 is 0 Å². The maximum atomic E-state index is 11.3. The van der Waals surface area contributed by atoms with Crippen molar-refractivity contribution in [1.82, 2.24) is 0 Å². The van der Waals surface area contributed by atoms with Crippen LogP contribution in [0.3, 0.4) is 0 Å². The molecule has 2 atom stereocenters. The summed E-state index contributed by atoms with van der Waals surface area (Å²) in [5.41, 5.74) is -2.85. The third kappa shape index (κ3) is 1.94. The van der Waals surface area contributed by atoms with Crippen molar-refractivity contribution in [3.05, 3.63) is 35.9 Å². The van der Waals surface area contributed by atoms with Gasteiger partial charge in [-0.25, -0.2) is 0 Å². The van der Waals surface area contributed by atoms with E-state index in [2.05, 4.69) is 0 Å². The molecule has 0 unspecified atom stereocenters. The third-order valence-corrected chi connectivity index (χ3v) is 2.97. The van der Waals surface area contributed by atoms with Crippen LogP contribution in [0.4, 0.5) is 0 Å². The molecule has 0 saturated carbocycles. The Morgan fingerprint density at radius 3 is 2.00 bits per heavy atom. The summed E-state index contributed by atoms with van der Waals surface area (Å²) >= 11 is 0. The van der Waals surface area contributed by atoms with Gasteiger partial charge in [-0.3, -0.25) is 4.79 Å². The molecule has 0 aromatic heterocycles. The fourth-order valence-corrected chi connectivity index (χ4v) is 1.39. The molecule has 0 aliphatic heterocycles. The van der Waals surface area contributed by atoms with E-state index in [9.17, 15) is 15.0 Å². The zero-order valence-corrected chi connectivity index (χ0v) is 9.19. The molecule has 0 heterocycles. The van der Waals surface area contributed by atoms with E-state index in [0.717, 1.165) is 0 Å². The maximum Gasteiger partial charge on any atom is 0.164 e. The molecule has 3 nitrogen and oxygen atoms in total. The van der Waals surface area contributed by atoms with E-state index in [0.29, 0.717) is 5.56 Å². The van der Waals surface area contributed by atoms with Gasteiger partial charge in [0.2, 0.25) is 0 Å². The minimum Gasteiger partial charge on any atom is -0.382 e. The first-order chi connectivity index (χ1) is 6.80. The monoisotopic (exact) mass is 208 g/mol. The van der Waals surface area contributed by atoms with Crippen molar-refractivity contribution < 1.29 is 15.0 Å². The van der Waals surface area contributed by atoms with Crippen LogP contribution in [0.5, 0.6) is 0 Å². The van der Waals surface area contributed by atoms with Gasteiger partial charge in [-0.05, 0) is 26.3 Å². The van der Waals surface area contributed by atoms with Crippen LogP contribution in [-0.4, -0.2) is 21.6 Å². The Morgan fingerprint density at radius 1 is 1.13 bits per heavy atom. The number of carbonyl (C=O) groups is 1. The Balaban J connectivity index is 3.19. The predicted octanol–water partition coefficient (Wildman–Crippen LogP) is 1.23. The van der Waals surface area contributed by atoms with Crippen LogP contribution in [0.1, 0.15) is 26.3 Å². The Bertz CT molecular complexity index is 352. The van der Waals surface area contributed by atoms with Gasteiger partial charge in [0.05, 0.1) is 0 Å². The third-order valence-electron chi connectivity index (χ3n) is 2.97. The highest BCUT2D eigenvalue weighted by Gasteiger charge is 2.46. The standard InChI is InChI=1S/C12H16O3/c1-9(13)11(2,14)12(3,15)10-7-5-4-6-8-10/h4-8,14-15H,1-3H3/t11-,12+/m1/s1. The second-order valence-corrected chi connectivity index (χ2v) is 4.07. The Kier molecular flexibility index (Phi) is 2.98. The summed E-state index contributed by atoms with van der Waals surface area (Å²) in [6.07, 6.45) is 0. The van der Waals surface area contributed by atoms with Crippen LogP contribution in [0.15, 0.2) is 30.3 Å². The minimum atomic E-state index is -1.78. The highest BCUT2D eigenvalue weighted by atomic mass is 16.4. The molecule has 0 bridgehead atoms. The molecule has 0 amide bonds. The molecule has 1 aromatic carbocycles. The summed E-state index contributed by atoms with van der Waals surface area (Å²) in [4.78, 5) is 11.3. The Hall–Kier alpha value is -1.19.